The second kappa shape index (κ2) is 8.91. The Morgan fingerprint density at radius 2 is 1.73 bits per heavy atom. The molecular weight excluding hydrogens is 440 g/mol. The molecule has 7 nitrogen and oxygen atoms in total. The molecule has 0 bridgehead atoms. The van der Waals surface area contributed by atoms with Crippen LogP contribution in [-0.2, 0) is 21.2 Å². The molecule has 4 aromatic rings. The molecule has 1 aromatic heterocycles. The Bertz CT molecular complexity index is 1510. The number of ether oxygens (including phenoxy) is 1. The average Bonchev–Trinajstić information content (AvgIpc) is 2.81. The van der Waals surface area contributed by atoms with Crippen molar-refractivity contribution in [3.05, 3.63) is 94.8 Å². The van der Waals surface area contributed by atoms with Crippen molar-refractivity contribution in [1.29, 1.82) is 0 Å². The molecule has 0 atom stereocenters. The van der Waals surface area contributed by atoms with E-state index in [4.69, 9.17) is 4.74 Å². The molecule has 1 amide bonds. The molecule has 0 unspecified atom stereocenters. The van der Waals surface area contributed by atoms with E-state index < -0.39 is 20.2 Å². The minimum absolute atomic E-state index is 0.0357. The van der Waals surface area contributed by atoms with Gasteiger partial charge in [-0.3, -0.25) is 9.59 Å². The molecule has 0 spiro atoms. The van der Waals surface area contributed by atoms with Gasteiger partial charge in [0.15, 0.2) is 0 Å². The number of hydrogen-bond donors (Lipinski definition) is 1. The molecule has 168 valence electrons. The van der Waals surface area contributed by atoms with Crippen LogP contribution in [0.2, 0.25) is 0 Å². The lowest BCUT2D eigenvalue weighted by Gasteiger charge is -2.14. The molecule has 0 aliphatic carbocycles. The largest absolute Gasteiger partial charge is 0.497 e. The van der Waals surface area contributed by atoms with Gasteiger partial charge in [-0.1, -0.05) is 24.3 Å². The fourth-order valence-corrected chi connectivity index (χ4v) is 4.97. The van der Waals surface area contributed by atoms with Gasteiger partial charge in [-0.2, -0.15) is 0 Å². The number of carbonyl (C=O) groups excluding carboxylic acids is 1. The SMILES string of the molecule is COc1ccc(S(=O)(=O)c2cn(CC(=O)Nc3cccc(C)c3)c3ccccc3c2=O)cc1. The summed E-state index contributed by atoms with van der Waals surface area (Å²) in [5.74, 6) is 0.153. The fraction of sp³-hybridized carbons (Fsp3) is 0.120. The number of pyridine rings is 1. The van der Waals surface area contributed by atoms with E-state index in [0.717, 1.165) is 5.56 Å². The number of methoxy groups -OCH3 is 1. The summed E-state index contributed by atoms with van der Waals surface area (Å²) in [6.07, 6.45) is 1.24. The van der Waals surface area contributed by atoms with Crippen LogP contribution in [-0.4, -0.2) is 26.0 Å². The van der Waals surface area contributed by atoms with Crippen molar-refractivity contribution in [2.24, 2.45) is 0 Å². The summed E-state index contributed by atoms with van der Waals surface area (Å²) in [6.45, 7) is 1.75. The number of amides is 1. The number of aromatic nitrogens is 1. The first kappa shape index (κ1) is 22.3. The zero-order chi connectivity index (χ0) is 23.6. The van der Waals surface area contributed by atoms with Crippen molar-refractivity contribution < 1.29 is 17.9 Å². The Morgan fingerprint density at radius 3 is 2.42 bits per heavy atom. The summed E-state index contributed by atoms with van der Waals surface area (Å²) in [6, 6.07) is 19.8. The Hall–Kier alpha value is -3.91. The Labute approximate surface area is 191 Å². The number of benzene rings is 3. The molecule has 0 radical (unpaired) electrons. The highest BCUT2D eigenvalue weighted by molar-refractivity contribution is 7.91. The van der Waals surface area contributed by atoms with E-state index in [2.05, 4.69) is 5.32 Å². The first-order valence-electron chi connectivity index (χ1n) is 10.2. The third-order valence-corrected chi connectivity index (χ3v) is 6.99. The van der Waals surface area contributed by atoms with E-state index in [1.165, 1.54) is 42.1 Å². The van der Waals surface area contributed by atoms with Crippen LogP contribution in [0.15, 0.2) is 93.6 Å². The number of nitrogens with one attached hydrogen (secondary N) is 1. The lowest BCUT2D eigenvalue weighted by molar-refractivity contribution is -0.116. The first-order chi connectivity index (χ1) is 15.8. The van der Waals surface area contributed by atoms with Crippen LogP contribution >= 0.6 is 0 Å². The van der Waals surface area contributed by atoms with E-state index in [1.807, 2.05) is 25.1 Å². The van der Waals surface area contributed by atoms with Gasteiger partial charge in [0.1, 0.15) is 17.2 Å². The van der Waals surface area contributed by atoms with Crippen LogP contribution in [0.5, 0.6) is 5.75 Å². The van der Waals surface area contributed by atoms with Gasteiger partial charge in [-0.15, -0.1) is 0 Å². The van der Waals surface area contributed by atoms with E-state index in [-0.39, 0.29) is 22.7 Å². The van der Waals surface area contributed by atoms with Crippen molar-refractivity contribution in [1.82, 2.24) is 4.57 Å². The van der Waals surface area contributed by atoms with Crippen molar-refractivity contribution >= 4 is 32.3 Å². The summed E-state index contributed by atoms with van der Waals surface area (Å²) < 4.78 is 33.2. The smallest absolute Gasteiger partial charge is 0.244 e. The van der Waals surface area contributed by atoms with Gasteiger partial charge >= 0.3 is 0 Å². The van der Waals surface area contributed by atoms with Gasteiger partial charge in [0.25, 0.3) is 0 Å². The lowest BCUT2D eigenvalue weighted by atomic mass is 10.2. The van der Waals surface area contributed by atoms with Gasteiger partial charge in [-0.25, -0.2) is 8.42 Å². The molecule has 3 aromatic carbocycles. The standard InChI is InChI=1S/C25H22N2O5S/c1-17-6-5-7-18(14-17)26-24(28)16-27-15-23(25(29)21-8-3-4-9-22(21)27)33(30,31)20-12-10-19(32-2)11-13-20/h3-15H,16H2,1-2H3,(H,26,28). The maximum absolute atomic E-state index is 13.3. The molecule has 8 heteroatoms. The number of aryl methyl sites for hydroxylation is 1. The zero-order valence-electron chi connectivity index (χ0n) is 18.1. The van der Waals surface area contributed by atoms with E-state index in [1.54, 1.807) is 30.3 Å². The number of hydrogen-bond acceptors (Lipinski definition) is 5. The zero-order valence-corrected chi connectivity index (χ0v) is 18.9. The van der Waals surface area contributed by atoms with E-state index in [9.17, 15) is 18.0 Å². The van der Waals surface area contributed by atoms with E-state index in [0.29, 0.717) is 17.0 Å². The van der Waals surface area contributed by atoms with Crippen LogP contribution in [0.1, 0.15) is 5.56 Å². The molecule has 33 heavy (non-hydrogen) atoms. The fourth-order valence-electron chi connectivity index (χ4n) is 3.60. The van der Waals surface area contributed by atoms with Crippen LogP contribution in [0.4, 0.5) is 5.69 Å². The van der Waals surface area contributed by atoms with Crippen LogP contribution < -0.4 is 15.5 Å². The number of anilines is 1. The Balaban J connectivity index is 1.78. The van der Waals surface area contributed by atoms with Crippen molar-refractivity contribution in [2.45, 2.75) is 23.3 Å². The summed E-state index contributed by atoms with van der Waals surface area (Å²) in [4.78, 5) is 25.4. The average molecular weight is 463 g/mol. The van der Waals surface area contributed by atoms with Gasteiger partial charge in [0.05, 0.1) is 17.5 Å². The number of carbonyl (C=O) groups is 1. The number of rotatable bonds is 6. The minimum Gasteiger partial charge on any atom is -0.497 e. The number of para-hydroxylation sites is 1. The van der Waals surface area contributed by atoms with Crippen LogP contribution in [0.25, 0.3) is 10.9 Å². The summed E-state index contributed by atoms with van der Waals surface area (Å²) >= 11 is 0. The van der Waals surface area contributed by atoms with Crippen LogP contribution in [0, 0.1) is 6.92 Å². The van der Waals surface area contributed by atoms with Gasteiger partial charge in [0.2, 0.25) is 21.2 Å². The third kappa shape index (κ3) is 4.51. The van der Waals surface area contributed by atoms with Crippen LogP contribution in [0.3, 0.4) is 0 Å². The maximum atomic E-state index is 13.3. The predicted molar refractivity (Wildman–Crippen MR) is 126 cm³/mol. The molecule has 0 saturated carbocycles. The van der Waals surface area contributed by atoms with Gasteiger partial charge < -0.3 is 14.6 Å². The summed E-state index contributed by atoms with van der Waals surface area (Å²) in [7, 11) is -2.65. The Kier molecular flexibility index (Phi) is 6.02. The number of nitrogens with zero attached hydrogens (tertiary/aromatic N) is 1. The molecule has 0 saturated heterocycles. The summed E-state index contributed by atoms with van der Waals surface area (Å²) in [5.41, 5.74) is 1.48. The monoisotopic (exact) mass is 462 g/mol. The molecule has 1 N–H and O–H groups in total. The molecule has 0 aliphatic heterocycles. The van der Waals surface area contributed by atoms with Gasteiger partial charge in [-0.05, 0) is 61.0 Å². The Morgan fingerprint density at radius 1 is 1.00 bits per heavy atom. The molecule has 4 rings (SSSR count). The third-order valence-electron chi connectivity index (χ3n) is 5.23. The number of fused-ring (bicyclic) bond motifs is 1. The van der Waals surface area contributed by atoms with Crippen molar-refractivity contribution in [3.63, 3.8) is 0 Å². The molecular formula is C25H22N2O5S. The van der Waals surface area contributed by atoms with E-state index >= 15 is 0 Å². The molecule has 0 aliphatic rings. The minimum atomic E-state index is -4.13. The molecule has 1 heterocycles. The highest BCUT2D eigenvalue weighted by atomic mass is 32.2. The maximum Gasteiger partial charge on any atom is 0.244 e. The molecule has 0 fully saturated rings. The summed E-state index contributed by atoms with van der Waals surface area (Å²) in [5, 5.41) is 3.03. The normalized spacial score (nSPS) is 11.3. The quantitative estimate of drug-likeness (QED) is 0.471. The lowest BCUT2D eigenvalue weighted by Crippen LogP contribution is -2.23. The first-order valence-corrected chi connectivity index (χ1v) is 11.7. The van der Waals surface area contributed by atoms with Gasteiger partial charge in [0, 0.05) is 17.3 Å². The second-order valence-corrected chi connectivity index (χ2v) is 9.48. The van der Waals surface area contributed by atoms with Crippen molar-refractivity contribution in [3.8, 4) is 5.75 Å². The highest BCUT2D eigenvalue weighted by Gasteiger charge is 2.24. The number of sulfone groups is 1. The predicted octanol–water partition coefficient (Wildman–Crippen LogP) is 3.79. The highest BCUT2D eigenvalue weighted by Crippen LogP contribution is 2.23. The topological polar surface area (TPSA) is 94.5 Å². The second-order valence-electron chi connectivity index (χ2n) is 7.56. The van der Waals surface area contributed by atoms with Crippen molar-refractivity contribution in [2.75, 3.05) is 12.4 Å².